The van der Waals surface area contributed by atoms with E-state index in [2.05, 4.69) is 15.7 Å². The van der Waals surface area contributed by atoms with Crippen LogP contribution >= 0.6 is 0 Å². The van der Waals surface area contributed by atoms with E-state index in [4.69, 9.17) is 4.74 Å². The molecule has 1 aliphatic heterocycles. The van der Waals surface area contributed by atoms with Crippen molar-refractivity contribution in [2.75, 3.05) is 26.8 Å². The Labute approximate surface area is 171 Å². The van der Waals surface area contributed by atoms with Gasteiger partial charge in [-0.15, -0.1) is 0 Å². The van der Waals surface area contributed by atoms with Crippen LogP contribution in [0.4, 0.5) is 0 Å². The summed E-state index contributed by atoms with van der Waals surface area (Å²) in [5, 5.41) is 10.2. The minimum atomic E-state index is -1.04. The summed E-state index contributed by atoms with van der Waals surface area (Å²) < 4.78 is 6.46. The third-order valence-corrected chi connectivity index (χ3v) is 5.84. The first kappa shape index (κ1) is 21.3. The number of hydrogen-bond acceptors (Lipinski definition) is 5. The lowest BCUT2D eigenvalue weighted by molar-refractivity contribution is -0.133. The molecule has 1 aromatic rings. The molecule has 0 spiro atoms. The highest BCUT2D eigenvalue weighted by molar-refractivity contribution is 6.01. The van der Waals surface area contributed by atoms with Gasteiger partial charge in [-0.25, -0.2) is 0 Å². The molecule has 2 N–H and O–H groups in total. The van der Waals surface area contributed by atoms with E-state index >= 15 is 0 Å². The van der Waals surface area contributed by atoms with E-state index in [9.17, 15) is 14.4 Å². The van der Waals surface area contributed by atoms with Crippen LogP contribution in [0.1, 0.15) is 66.9 Å². The summed E-state index contributed by atoms with van der Waals surface area (Å²) in [6, 6.07) is 1.67. The fraction of sp³-hybridized carbons (Fsp3) is 0.700. The molecule has 0 aromatic carbocycles. The third-order valence-electron chi connectivity index (χ3n) is 5.84. The minimum absolute atomic E-state index is 0.161. The Bertz CT molecular complexity index is 771. The molecule has 9 nitrogen and oxygen atoms in total. The van der Waals surface area contributed by atoms with Crippen molar-refractivity contribution in [1.29, 1.82) is 0 Å². The summed E-state index contributed by atoms with van der Waals surface area (Å²) in [5.41, 5.74) is -0.526. The van der Waals surface area contributed by atoms with E-state index in [1.807, 2.05) is 6.92 Å². The zero-order valence-corrected chi connectivity index (χ0v) is 17.5. The number of methoxy groups -OCH3 is 1. The van der Waals surface area contributed by atoms with Gasteiger partial charge in [0.2, 0.25) is 5.91 Å². The first-order valence-electron chi connectivity index (χ1n) is 10.4. The molecule has 2 heterocycles. The fourth-order valence-electron chi connectivity index (χ4n) is 4.17. The average molecular weight is 405 g/mol. The highest BCUT2D eigenvalue weighted by atomic mass is 16.5. The lowest BCUT2D eigenvalue weighted by Gasteiger charge is -2.43. The van der Waals surface area contributed by atoms with Crippen LogP contribution in [0.2, 0.25) is 0 Å². The van der Waals surface area contributed by atoms with Crippen LogP contribution < -0.4 is 10.6 Å². The number of nitrogens with one attached hydrogen (secondary N) is 2. The van der Waals surface area contributed by atoms with Crippen LogP contribution in [-0.4, -0.2) is 70.8 Å². The highest BCUT2D eigenvalue weighted by Crippen LogP contribution is 2.28. The molecular weight excluding hydrogens is 374 g/mol. The monoisotopic (exact) mass is 405 g/mol. The van der Waals surface area contributed by atoms with Gasteiger partial charge in [0, 0.05) is 38.9 Å². The summed E-state index contributed by atoms with van der Waals surface area (Å²) in [6.45, 7) is 5.26. The lowest BCUT2D eigenvalue weighted by atomic mass is 9.94. The molecule has 2 aliphatic rings. The van der Waals surface area contributed by atoms with Crippen molar-refractivity contribution in [3.63, 3.8) is 0 Å². The second-order valence-electron chi connectivity index (χ2n) is 7.95. The van der Waals surface area contributed by atoms with E-state index in [-0.39, 0.29) is 36.0 Å². The average Bonchev–Trinajstić information content (AvgIpc) is 3.35. The molecule has 160 valence electrons. The number of fused-ring (bicyclic) bond motifs is 1. The Morgan fingerprint density at radius 1 is 1.34 bits per heavy atom. The zero-order chi connectivity index (χ0) is 21.0. The highest BCUT2D eigenvalue weighted by Gasteiger charge is 2.48. The van der Waals surface area contributed by atoms with Gasteiger partial charge in [-0.3, -0.25) is 19.1 Å². The molecule has 1 aliphatic carbocycles. The van der Waals surface area contributed by atoms with E-state index in [1.165, 1.54) is 10.7 Å². The maximum Gasteiger partial charge on any atom is 0.273 e. The predicted octanol–water partition coefficient (Wildman–Crippen LogP) is 0.943. The number of carbonyl (C=O) groups excluding carboxylic acids is 3. The van der Waals surface area contributed by atoms with Gasteiger partial charge in [0.05, 0.1) is 6.54 Å². The van der Waals surface area contributed by atoms with Crippen molar-refractivity contribution in [1.82, 2.24) is 25.3 Å². The molecule has 1 aromatic heterocycles. The number of nitrogens with zero attached hydrogens (tertiary/aromatic N) is 3. The molecule has 9 heteroatoms. The van der Waals surface area contributed by atoms with E-state index in [1.54, 1.807) is 18.9 Å². The molecule has 3 amide bonds. The standard InChI is InChI=1S/C20H31N5O4/c1-4-24-18(27)16-12-15(17(26)21-10-7-11-29-3)23-25(16)13-20(24,2)19(28)22-14-8-5-6-9-14/h12,14H,4-11,13H2,1-3H3,(H,21,26)(H,22,28)/t20-/m0/s1. The number of likely N-dealkylation sites (N-methyl/N-ethyl adjacent to an activating group) is 1. The number of carbonyl (C=O) groups is 3. The lowest BCUT2D eigenvalue weighted by Crippen LogP contribution is -2.64. The van der Waals surface area contributed by atoms with Gasteiger partial charge >= 0.3 is 0 Å². The normalized spacial score (nSPS) is 21.9. The van der Waals surface area contributed by atoms with Gasteiger partial charge in [0.1, 0.15) is 11.2 Å². The predicted molar refractivity (Wildman–Crippen MR) is 107 cm³/mol. The van der Waals surface area contributed by atoms with E-state index in [0.717, 1.165) is 25.7 Å². The molecular formula is C20H31N5O4. The van der Waals surface area contributed by atoms with Crippen LogP contribution in [0.25, 0.3) is 0 Å². The molecule has 29 heavy (non-hydrogen) atoms. The maximum absolute atomic E-state index is 13.1. The van der Waals surface area contributed by atoms with Crippen molar-refractivity contribution >= 4 is 17.7 Å². The molecule has 1 atom stereocenters. The van der Waals surface area contributed by atoms with E-state index in [0.29, 0.717) is 31.8 Å². The van der Waals surface area contributed by atoms with Crippen LogP contribution in [0.5, 0.6) is 0 Å². The minimum Gasteiger partial charge on any atom is -0.385 e. The molecule has 0 bridgehead atoms. The van der Waals surface area contributed by atoms with Gasteiger partial charge in [0.25, 0.3) is 11.8 Å². The Hall–Kier alpha value is -2.42. The molecule has 0 saturated heterocycles. The molecule has 0 unspecified atom stereocenters. The summed E-state index contributed by atoms with van der Waals surface area (Å²) in [5.74, 6) is -0.781. The smallest absolute Gasteiger partial charge is 0.273 e. The Kier molecular flexibility index (Phi) is 6.56. The first-order chi connectivity index (χ1) is 13.9. The zero-order valence-electron chi connectivity index (χ0n) is 17.5. The number of hydrogen-bond donors (Lipinski definition) is 2. The van der Waals surface area contributed by atoms with Crippen LogP contribution in [0.3, 0.4) is 0 Å². The molecule has 0 radical (unpaired) electrons. The number of aromatic nitrogens is 2. The fourth-order valence-corrected chi connectivity index (χ4v) is 4.17. The van der Waals surface area contributed by atoms with Gasteiger partial charge in [-0.2, -0.15) is 5.10 Å². The second-order valence-corrected chi connectivity index (χ2v) is 7.95. The van der Waals surface area contributed by atoms with Crippen LogP contribution in [0, 0.1) is 0 Å². The summed E-state index contributed by atoms with van der Waals surface area (Å²) in [4.78, 5) is 40.1. The summed E-state index contributed by atoms with van der Waals surface area (Å²) >= 11 is 0. The van der Waals surface area contributed by atoms with Crippen molar-refractivity contribution < 1.29 is 19.1 Å². The largest absolute Gasteiger partial charge is 0.385 e. The molecule has 1 saturated carbocycles. The second kappa shape index (κ2) is 8.94. The topological polar surface area (TPSA) is 106 Å². The Balaban J connectivity index is 1.77. The number of ether oxygens (including phenoxy) is 1. The van der Waals surface area contributed by atoms with Crippen molar-refractivity contribution in [2.24, 2.45) is 0 Å². The van der Waals surface area contributed by atoms with Crippen LogP contribution in [0.15, 0.2) is 6.07 Å². The Morgan fingerprint density at radius 2 is 2.07 bits per heavy atom. The van der Waals surface area contributed by atoms with Gasteiger partial charge < -0.3 is 20.3 Å². The first-order valence-corrected chi connectivity index (χ1v) is 10.4. The Morgan fingerprint density at radius 3 is 2.72 bits per heavy atom. The van der Waals surface area contributed by atoms with E-state index < -0.39 is 5.54 Å². The quantitative estimate of drug-likeness (QED) is 0.626. The van der Waals surface area contributed by atoms with Gasteiger partial charge in [-0.05, 0) is 33.1 Å². The summed E-state index contributed by atoms with van der Waals surface area (Å²) in [7, 11) is 1.61. The molecule has 3 rings (SSSR count). The maximum atomic E-state index is 13.1. The van der Waals surface area contributed by atoms with Crippen molar-refractivity contribution in [3.05, 3.63) is 17.5 Å². The van der Waals surface area contributed by atoms with Crippen molar-refractivity contribution in [2.45, 2.75) is 64.1 Å². The number of rotatable bonds is 8. The van der Waals surface area contributed by atoms with Gasteiger partial charge in [0.15, 0.2) is 5.69 Å². The summed E-state index contributed by atoms with van der Waals surface area (Å²) in [6.07, 6.45) is 4.87. The molecule has 1 fully saturated rings. The number of amides is 3. The van der Waals surface area contributed by atoms with Gasteiger partial charge in [-0.1, -0.05) is 12.8 Å². The van der Waals surface area contributed by atoms with Crippen LogP contribution in [-0.2, 0) is 16.1 Å². The van der Waals surface area contributed by atoms with Crippen molar-refractivity contribution in [3.8, 4) is 0 Å². The third kappa shape index (κ3) is 4.29. The SMILES string of the molecule is CCN1C(=O)c2cc(C(=O)NCCCOC)nn2C[C@@]1(C)C(=O)NC1CCCC1.